The highest BCUT2D eigenvalue weighted by Gasteiger charge is 2.34. The van der Waals surface area contributed by atoms with Gasteiger partial charge in [-0.05, 0) is 35.7 Å². The molecule has 3 aromatic rings. The van der Waals surface area contributed by atoms with E-state index in [1.54, 1.807) is 18.2 Å². The highest BCUT2D eigenvalue weighted by Crippen LogP contribution is 2.37. The van der Waals surface area contributed by atoms with Crippen LogP contribution in [0.25, 0.3) is 0 Å². The quantitative estimate of drug-likeness (QED) is 0.631. The van der Waals surface area contributed by atoms with Crippen molar-refractivity contribution >= 4 is 5.91 Å². The molecule has 0 bridgehead atoms. The van der Waals surface area contributed by atoms with E-state index in [1.807, 2.05) is 24.3 Å². The van der Waals surface area contributed by atoms with Gasteiger partial charge in [0.2, 0.25) is 0 Å². The van der Waals surface area contributed by atoms with E-state index in [9.17, 15) is 18.0 Å². The Kier molecular flexibility index (Phi) is 4.44. The molecule has 0 radical (unpaired) electrons. The maximum atomic E-state index is 14.6. The summed E-state index contributed by atoms with van der Waals surface area (Å²) in [5.41, 5.74) is 1.96. The van der Waals surface area contributed by atoms with Crippen LogP contribution in [-0.4, -0.2) is 17.4 Å². The second kappa shape index (κ2) is 6.91. The summed E-state index contributed by atoms with van der Waals surface area (Å²) in [5, 5.41) is 0. The van der Waals surface area contributed by atoms with Gasteiger partial charge in [0, 0.05) is 18.2 Å². The Morgan fingerprint density at radius 3 is 2.30 bits per heavy atom. The normalized spacial score (nSPS) is 16.1. The molecular formula is C22H16F3NO. The van der Waals surface area contributed by atoms with Crippen molar-refractivity contribution in [1.29, 1.82) is 0 Å². The molecule has 0 saturated heterocycles. The second-order valence-electron chi connectivity index (χ2n) is 6.50. The molecule has 0 saturated carbocycles. The molecule has 2 nitrogen and oxygen atoms in total. The van der Waals surface area contributed by atoms with Crippen LogP contribution in [0.5, 0.6) is 0 Å². The molecule has 1 heterocycles. The van der Waals surface area contributed by atoms with Crippen molar-refractivity contribution in [3.8, 4) is 0 Å². The number of carbonyl (C=O) groups is 1. The Balaban J connectivity index is 1.84. The predicted molar refractivity (Wildman–Crippen MR) is 95.8 cm³/mol. The number of nitrogens with zero attached hydrogens (tertiary/aromatic N) is 1. The molecule has 1 unspecified atom stereocenters. The first kappa shape index (κ1) is 17.3. The smallest absolute Gasteiger partial charge is 0.257 e. The number of amides is 1. The third-order valence-electron chi connectivity index (χ3n) is 4.91. The van der Waals surface area contributed by atoms with Gasteiger partial charge in [-0.25, -0.2) is 13.2 Å². The molecule has 1 aliphatic heterocycles. The molecule has 0 N–H and O–H groups in total. The largest absolute Gasteiger partial charge is 0.327 e. The predicted octanol–water partition coefficient (Wildman–Crippen LogP) is 4.89. The van der Waals surface area contributed by atoms with Crippen molar-refractivity contribution in [3.63, 3.8) is 0 Å². The molecule has 4 rings (SSSR count). The van der Waals surface area contributed by atoms with Crippen molar-refractivity contribution in [3.05, 3.63) is 106 Å². The molecule has 27 heavy (non-hydrogen) atoms. The summed E-state index contributed by atoms with van der Waals surface area (Å²) >= 11 is 0. The van der Waals surface area contributed by atoms with E-state index in [0.717, 1.165) is 23.3 Å². The summed E-state index contributed by atoms with van der Waals surface area (Å²) < 4.78 is 42.0. The average Bonchev–Trinajstić information content (AvgIpc) is 2.67. The molecule has 1 atom stereocenters. The third kappa shape index (κ3) is 3.10. The fraction of sp³-hybridized carbons (Fsp3) is 0.136. The Morgan fingerprint density at radius 1 is 0.852 bits per heavy atom. The number of carbonyl (C=O) groups excluding carboxylic acids is 1. The lowest BCUT2D eigenvalue weighted by Crippen LogP contribution is -2.41. The Labute approximate surface area is 154 Å². The van der Waals surface area contributed by atoms with E-state index in [0.29, 0.717) is 24.6 Å². The lowest BCUT2D eigenvalue weighted by atomic mass is 9.87. The standard InChI is InChI=1S/C22H16F3NO/c23-15-9-10-18(20(25)13-15)22(27)26-12-11-14-5-1-2-6-16(14)21(26)17-7-3-4-8-19(17)24/h1-10,13,21H,11-12H2. The third-order valence-corrected chi connectivity index (χ3v) is 4.91. The second-order valence-corrected chi connectivity index (χ2v) is 6.50. The highest BCUT2D eigenvalue weighted by atomic mass is 19.1. The lowest BCUT2D eigenvalue weighted by Gasteiger charge is -2.38. The van der Waals surface area contributed by atoms with Crippen LogP contribution in [0.1, 0.15) is 33.1 Å². The summed E-state index contributed by atoms with van der Waals surface area (Å²) in [6.45, 7) is 0.311. The fourth-order valence-electron chi connectivity index (χ4n) is 3.64. The molecule has 5 heteroatoms. The van der Waals surface area contributed by atoms with Gasteiger partial charge in [0.15, 0.2) is 0 Å². The summed E-state index contributed by atoms with van der Waals surface area (Å²) in [6.07, 6.45) is 0.579. The zero-order valence-electron chi connectivity index (χ0n) is 14.3. The molecule has 3 aromatic carbocycles. The van der Waals surface area contributed by atoms with Crippen LogP contribution in [0.2, 0.25) is 0 Å². The topological polar surface area (TPSA) is 20.3 Å². The number of hydrogen-bond donors (Lipinski definition) is 0. The zero-order chi connectivity index (χ0) is 19.0. The maximum Gasteiger partial charge on any atom is 0.257 e. The Morgan fingerprint density at radius 2 is 1.56 bits per heavy atom. The monoisotopic (exact) mass is 367 g/mol. The molecule has 0 aliphatic carbocycles. The number of rotatable bonds is 2. The van der Waals surface area contributed by atoms with E-state index in [1.165, 1.54) is 11.0 Å². The van der Waals surface area contributed by atoms with Crippen molar-refractivity contribution in [1.82, 2.24) is 4.90 Å². The highest BCUT2D eigenvalue weighted by molar-refractivity contribution is 5.95. The number of hydrogen-bond acceptors (Lipinski definition) is 1. The zero-order valence-corrected chi connectivity index (χ0v) is 14.3. The van der Waals surface area contributed by atoms with Crippen LogP contribution in [0.4, 0.5) is 13.2 Å². The molecule has 0 spiro atoms. The summed E-state index contributed by atoms with van der Waals surface area (Å²) in [5.74, 6) is -2.70. The van der Waals surface area contributed by atoms with E-state index in [4.69, 9.17) is 0 Å². The minimum absolute atomic E-state index is 0.225. The first-order valence-electron chi connectivity index (χ1n) is 8.64. The number of benzene rings is 3. The summed E-state index contributed by atoms with van der Waals surface area (Å²) in [4.78, 5) is 14.5. The van der Waals surface area contributed by atoms with Gasteiger partial charge in [-0.2, -0.15) is 0 Å². The van der Waals surface area contributed by atoms with Crippen LogP contribution < -0.4 is 0 Å². The van der Waals surface area contributed by atoms with Gasteiger partial charge in [-0.15, -0.1) is 0 Å². The Hall–Kier alpha value is -3.08. The van der Waals surface area contributed by atoms with E-state index in [-0.39, 0.29) is 5.56 Å². The summed E-state index contributed by atoms with van der Waals surface area (Å²) in [7, 11) is 0. The van der Waals surface area contributed by atoms with Gasteiger partial charge in [0.25, 0.3) is 5.91 Å². The average molecular weight is 367 g/mol. The first-order chi connectivity index (χ1) is 13.1. The van der Waals surface area contributed by atoms with Crippen LogP contribution >= 0.6 is 0 Å². The van der Waals surface area contributed by atoms with Gasteiger partial charge < -0.3 is 4.90 Å². The van der Waals surface area contributed by atoms with Crippen LogP contribution in [0.3, 0.4) is 0 Å². The SMILES string of the molecule is O=C(c1ccc(F)cc1F)N1CCc2ccccc2C1c1ccccc1F. The molecule has 1 aliphatic rings. The van der Waals surface area contributed by atoms with E-state index >= 15 is 0 Å². The van der Waals surface area contributed by atoms with Gasteiger partial charge >= 0.3 is 0 Å². The minimum atomic E-state index is -0.925. The van der Waals surface area contributed by atoms with E-state index in [2.05, 4.69) is 0 Å². The van der Waals surface area contributed by atoms with Crippen LogP contribution in [0.15, 0.2) is 66.7 Å². The van der Waals surface area contributed by atoms with Crippen molar-refractivity contribution < 1.29 is 18.0 Å². The summed E-state index contributed by atoms with van der Waals surface area (Å²) in [6, 6.07) is 16.0. The van der Waals surface area contributed by atoms with Crippen LogP contribution in [0, 0.1) is 17.5 Å². The Bertz CT molecular complexity index is 1020. The minimum Gasteiger partial charge on any atom is -0.327 e. The number of halogens is 3. The van der Waals surface area contributed by atoms with E-state index < -0.39 is 29.4 Å². The molecule has 0 fully saturated rings. The molecular weight excluding hydrogens is 351 g/mol. The van der Waals surface area contributed by atoms with Crippen LogP contribution in [-0.2, 0) is 6.42 Å². The van der Waals surface area contributed by atoms with Crippen molar-refractivity contribution in [2.75, 3.05) is 6.54 Å². The van der Waals surface area contributed by atoms with Gasteiger partial charge in [-0.3, -0.25) is 4.79 Å². The molecule has 0 aromatic heterocycles. The van der Waals surface area contributed by atoms with Crippen molar-refractivity contribution in [2.45, 2.75) is 12.5 Å². The van der Waals surface area contributed by atoms with Gasteiger partial charge in [0.1, 0.15) is 17.5 Å². The van der Waals surface area contributed by atoms with Gasteiger partial charge in [0.05, 0.1) is 11.6 Å². The molecule has 1 amide bonds. The van der Waals surface area contributed by atoms with Crippen molar-refractivity contribution in [2.24, 2.45) is 0 Å². The fourth-order valence-corrected chi connectivity index (χ4v) is 3.64. The number of fused-ring (bicyclic) bond motifs is 1. The maximum absolute atomic E-state index is 14.6. The molecule has 136 valence electrons. The van der Waals surface area contributed by atoms with Gasteiger partial charge in [-0.1, -0.05) is 42.5 Å². The lowest BCUT2D eigenvalue weighted by molar-refractivity contribution is 0.0687. The first-order valence-corrected chi connectivity index (χ1v) is 8.64.